The second-order valence-corrected chi connectivity index (χ2v) is 6.85. The summed E-state index contributed by atoms with van der Waals surface area (Å²) in [5, 5.41) is 6.42. The Morgan fingerprint density at radius 3 is 2.63 bits per heavy atom. The highest BCUT2D eigenvalue weighted by Gasteiger charge is 2.16. The van der Waals surface area contributed by atoms with Gasteiger partial charge in [-0.25, -0.2) is 4.98 Å². The number of rotatable bonds is 7. The highest BCUT2D eigenvalue weighted by atomic mass is 19.3. The Labute approximate surface area is 175 Å². The number of morpholine rings is 1. The first-order valence-electron chi connectivity index (χ1n) is 9.82. The number of hydrogen-bond donors (Lipinski definition) is 2. The van der Waals surface area contributed by atoms with E-state index in [0.29, 0.717) is 37.8 Å². The van der Waals surface area contributed by atoms with Gasteiger partial charge in [0, 0.05) is 50.6 Å². The molecule has 0 saturated carbocycles. The molecule has 9 heteroatoms. The summed E-state index contributed by atoms with van der Waals surface area (Å²) in [5.74, 6) is 1.63. The van der Waals surface area contributed by atoms with Gasteiger partial charge in [-0.1, -0.05) is 23.8 Å². The summed E-state index contributed by atoms with van der Waals surface area (Å²) in [7, 11) is 1.66. The molecule has 1 fully saturated rings. The van der Waals surface area contributed by atoms with E-state index in [1.165, 1.54) is 0 Å². The van der Waals surface area contributed by atoms with Crippen LogP contribution in [-0.4, -0.2) is 50.9 Å². The lowest BCUT2D eigenvalue weighted by molar-refractivity contribution is -0.0504. The third kappa shape index (κ3) is 6.03. The van der Waals surface area contributed by atoms with E-state index in [0.717, 1.165) is 30.0 Å². The second-order valence-electron chi connectivity index (χ2n) is 6.85. The Bertz CT molecular complexity index is 857. The number of guanidine groups is 1. The molecule has 2 heterocycles. The van der Waals surface area contributed by atoms with Crippen molar-refractivity contribution in [3.63, 3.8) is 0 Å². The molecule has 1 saturated heterocycles. The second kappa shape index (κ2) is 10.7. The summed E-state index contributed by atoms with van der Waals surface area (Å²) >= 11 is 0. The molecule has 2 aromatic rings. The molecule has 162 valence electrons. The fourth-order valence-electron chi connectivity index (χ4n) is 3.26. The maximum absolute atomic E-state index is 12.7. The zero-order valence-corrected chi connectivity index (χ0v) is 17.2. The largest absolute Gasteiger partial charge is 0.434 e. The average molecular weight is 419 g/mol. The number of hydrogen-bond acceptors (Lipinski definition) is 5. The third-order valence-electron chi connectivity index (χ3n) is 4.73. The van der Waals surface area contributed by atoms with E-state index in [1.807, 2.05) is 25.1 Å². The molecule has 30 heavy (non-hydrogen) atoms. The minimum Gasteiger partial charge on any atom is -0.434 e. The van der Waals surface area contributed by atoms with Crippen LogP contribution in [0.5, 0.6) is 5.75 Å². The molecule has 0 unspecified atom stereocenters. The quantitative estimate of drug-likeness (QED) is 0.531. The number of benzene rings is 1. The number of nitrogens with one attached hydrogen (secondary N) is 2. The molecule has 2 N–H and O–H groups in total. The summed E-state index contributed by atoms with van der Waals surface area (Å²) in [4.78, 5) is 11.0. The Morgan fingerprint density at radius 1 is 1.20 bits per heavy atom. The lowest BCUT2D eigenvalue weighted by atomic mass is 10.1. The van der Waals surface area contributed by atoms with Crippen molar-refractivity contribution in [2.24, 2.45) is 4.99 Å². The van der Waals surface area contributed by atoms with Crippen LogP contribution in [0.1, 0.15) is 16.7 Å². The fraction of sp³-hybridized carbons (Fsp3) is 0.429. The zero-order valence-electron chi connectivity index (χ0n) is 17.2. The van der Waals surface area contributed by atoms with Crippen molar-refractivity contribution in [2.75, 3.05) is 38.3 Å². The van der Waals surface area contributed by atoms with E-state index in [-0.39, 0.29) is 5.75 Å². The fourth-order valence-corrected chi connectivity index (χ4v) is 3.26. The first-order valence-corrected chi connectivity index (χ1v) is 9.82. The van der Waals surface area contributed by atoms with Gasteiger partial charge in [0.15, 0.2) is 5.96 Å². The van der Waals surface area contributed by atoms with Crippen LogP contribution < -0.4 is 20.3 Å². The summed E-state index contributed by atoms with van der Waals surface area (Å²) in [5.41, 5.74) is 2.63. The van der Waals surface area contributed by atoms with E-state index in [4.69, 9.17) is 4.74 Å². The highest BCUT2D eigenvalue weighted by molar-refractivity contribution is 5.79. The van der Waals surface area contributed by atoms with Crippen LogP contribution in [0, 0.1) is 6.92 Å². The van der Waals surface area contributed by atoms with Gasteiger partial charge >= 0.3 is 6.61 Å². The van der Waals surface area contributed by atoms with Gasteiger partial charge in [0.05, 0.1) is 13.2 Å². The van der Waals surface area contributed by atoms with Gasteiger partial charge < -0.3 is 25.0 Å². The van der Waals surface area contributed by atoms with Gasteiger partial charge in [-0.15, -0.1) is 0 Å². The van der Waals surface area contributed by atoms with E-state index in [2.05, 4.69) is 30.2 Å². The summed E-state index contributed by atoms with van der Waals surface area (Å²) < 4.78 is 35.4. The average Bonchev–Trinajstić information content (AvgIpc) is 2.76. The molecule has 0 radical (unpaired) electrons. The molecule has 1 aliphatic heterocycles. The molecule has 3 rings (SSSR count). The molecule has 1 aliphatic rings. The van der Waals surface area contributed by atoms with Crippen molar-refractivity contribution in [3.8, 4) is 5.75 Å². The molecule has 0 aliphatic carbocycles. The van der Waals surface area contributed by atoms with Gasteiger partial charge in [-0.3, -0.25) is 4.99 Å². The van der Waals surface area contributed by atoms with Crippen LogP contribution in [0.4, 0.5) is 14.6 Å². The third-order valence-corrected chi connectivity index (χ3v) is 4.73. The first kappa shape index (κ1) is 21.8. The number of ether oxygens (including phenoxy) is 2. The Morgan fingerprint density at radius 2 is 1.93 bits per heavy atom. The summed E-state index contributed by atoms with van der Waals surface area (Å²) in [6.45, 7) is 2.83. The molecule has 1 aromatic heterocycles. The molecule has 7 nitrogen and oxygen atoms in total. The number of halogens is 2. The van der Waals surface area contributed by atoms with Crippen molar-refractivity contribution >= 4 is 11.8 Å². The van der Waals surface area contributed by atoms with Crippen molar-refractivity contribution in [3.05, 3.63) is 53.2 Å². The zero-order chi connectivity index (χ0) is 21.3. The molecular weight excluding hydrogens is 392 g/mol. The maximum atomic E-state index is 12.7. The van der Waals surface area contributed by atoms with Crippen LogP contribution in [-0.2, 0) is 17.8 Å². The van der Waals surface area contributed by atoms with E-state index in [1.54, 1.807) is 25.4 Å². The van der Waals surface area contributed by atoms with Gasteiger partial charge in [0.1, 0.15) is 11.6 Å². The van der Waals surface area contributed by atoms with Crippen molar-refractivity contribution in [1.82, 2.24) is 15.6 Å². The smallest absolute Gasteiger partial charge is 0.387 e. The number of alkyl halides is 2. The molecule has 0 atom stereocenters. The molecule has 0 spiro atoms. The highest BCUT2D eigenvalue weighted by Crippen LogP contribution is 2.22. The van der Waals surface area contributed by atoms with Crippen LogP contribution in [0.3, 0.4) is 0 Å². The number of pyridine rings is 1. The lowest BCUT2D eigenvalue weighted by Gasteiger charge is -2.29. The van der Waals surface area contributed by atoms with Gasteiger partial charge in [-0.05, 0) is 19.1 Å². The number of aryl methyl sites for hydroxylation is 1. The lowest BCUT2D eigenvalue weighted by Crippen LogP contribution is -2.39. The van der Waals surface area contributed by atoms with Crippen molar-refractivity contribution in [1.29, 1.82) is 0 Å². The van der Waals surface area contributed by atoms with E-state index >= 15 is 0 Å². The molecular formula is C21H27F2N5O2. The summed E-state index contributed by atoms with van der Waals surface area (Å²) in [6.07, 6.45) is 1.78. The van der Waals surface area contributed by atoms with Crippen molar-refractivity contribution < 1.29 is 18.3 Å². The number of aromatic nitrogens is 1. The first-order chi connectivity index (χ1) is 14.6. The van der Waals surface area contributed by atoms with Crippen LogP contribution in [0.15, 0.2) is 41.5 Å². The maximum Gasteiger partial charge on any atom is 0.387 e. The molecule has 0 bridgehead atoms. The predicted molar refractivity (Wildman–Crippen MR) is 112 cm³/mol. The Hall–Kier alpha value is -2.94. The van der Waals surface area contributed by atoms with Gasteiger partial charge in [-0.2, -0.15) is 8.78 Å². The topological polar surface area (TPSA) is 71.0 Å². The van der Waals surface area contributed by atoms with Crippen molar-refractivity contribution in [2.45, 2.75) is 26.6 Å². The predicted octanol–water partition coefficient (Wildman–Crippen LogP) is 2.69. The number of aliphatic imine (C=N–C) groups is 1. The SMILES string of the molecule is CN=C(NCc1cc(C)ccc1OC(F)F)NCc1cccnc1N1CCOCC1. The number of nitrogens with zero attached hydrogens (tertiary/aromatic N) is 3. The molecule has 1 aromatic carbocycles. The van der Waals surface area contributed by atoms with E-state index in [9.17, 15) is 8.78 Å². The van der Waals surface area contributed by atoms with Gasteiger partial charge in [0.25, 0.3) is 0 Å². The molecule has 0 amide bonds. The van der Waals surface area contributed by atoms with Crippen LogP contribution in [0.2, 0.25) is 0 Å². The Kier molecular flexibility index (Phi) is 7.78. The standard InChI is InChI=1S/C21H27F2N5O2/c1-15-5-6-18(30-20(22)23)17(12-15)14-27-21(24-2)26-13-16-4-3-7-25-19(16)28-8-10-29-11-9-28/h3-7,12,20H,8-11,13-14H2,1-2H3,(H2,24,26,27). The van der Waals surface area contributed by atoms with Gasteiger partial charge in [0.2, 0.25) is 0 Å². The minimum absolute atomic E-state index is 0.153. The number of anilines is 1. The van der Waals surface area contributed by atoms with Crippen LogP contribution >= 0.6 is 0 Å². The summed E-state index contributed by atoms with van der Waals surface area (Å²) in [6, 6.07) is 9.03. The monoisotopic (exact) mass is 419 g/mol. The van der Waals surface area contributed by atoms with Crippen LogP contribution in [0.25, 0.3) is 0 Å². The van der Waals surface area contributed by atoms with E-state index < -0.39 is 6.61 Å². The minimum atomic E-state index is -2.87. The normalized spacial score (nSPS) is 14.7. The Balaban J connectivity index is 1.62.